The Kier molecular flexibility index (Phi) is 6.89. The predicted octanol–water partition coefficient (Wildman–Crippen LogP) is 13.9. The molecule has 0 N–H and O–H groups in total. The molecule has 2 heteroatoms. The van der Waals surface area contributed by atoms with E-state index in [2.05, 4.69) is 188 Å². The number of rotatable bonds is 5. The monoisotopic (exact) mass is 653 g/mol. The fourth-order valence-electron chi connectivity index (χ4n) is 8.02. The Morgan fingerprint density at radius 1 is 0.510 bits per heavy atom. The average Bonchev–Trinajstić information content (AvgIpc) is 3.58. The second kappa shape index (κ2) is 11.9. The summed E-state index contributed by atoms with van der Waals surface area (Å²) in [5.74, 6) is 0.486. The van der Waals surface area contributed by atoms with E-state index in [1.807, 2.05) is 0 Å². The second-order valence-corrected chi connectivity index (χ2v) is 13.8. The van der Waals surface area contributed by atoms with E-state index in [1.54, 1.807) is 0 Å². The minimum absolute atomic E-state index is 0.486. The van der Waals surface area contributed by atoms with Crippen LogP contribution in [0.15, 0.2) is 174 Å². The van der Waals surface area contributed by atoms with Crippen LogP contribution in [0.2, 0.25) is 0 Å². The van der Waals surface area contributed by atoms with Gasteiger partial charge in [-0.1, -0.05) is 134 Å². The highest BCUT2D eigenvalue weighted by Gasteiger charge is 2.22. The zero-order valence-corrected chi connectivity index (χ0v) is 28.4. The molecule has 0 spiro atoms. The van der Waals surface area contributed by atoms with Gasteiger partial charge in [-0.2, -0.15) is 0 Å². The van der Waals surface area contributed by atoms with E-state index in [0.29, 0.717) is 5.92 Å². The van der Waals surface area contributed by atoms with Gasteiger partial charge in [0.25, 0.3) is 0 Å². The van der Waals surface area contributed by atoms with Gasteiger partial charge in [0.2, 0.25) is 0 Å². The molecule has 10 rings (SSSR count). The van der Waals surface area contributed by atoms with E-state index in [-0.39, 0.29) is 0 Å². The van der Waals surface area contributed by atoms with Crippen LogP contribution in [0.4, 0.5) is 17.1 Å². The van der Waals surface area contributed by atoms with Crippen molar-refractivity contribution in [1.82, 2.24) is 0 Å². The zero-order chi connectivity index (χ0) is 33.9. The smallest absolute Gasteiger partial charge is 0.139 e. The molecule has 51 heavy (non-hydrogen) atoms. The number of nitrogens with zero attached hydrogens (tertiary/aromatic N) is 1. The van der Waals surface area contributed by atoms with E-state index in [0.717, 1.165) is 34.6 Å². The van der Waals surface area contributed by atoms with E-state index >= 15 is 0 Å². The van der Waals surface area contributed by atoms with Crippen molar-refractivity contribution in [2.45, 2.75) is 13.3 Å². The van der Waals surface area contributed by atoms with Crippen LogP contribution in [0.5, 0.6) is 0 Å². The summed E-state index contributed by atoms with van der Waals surface area (Å²) in [6, 6.07) is 59.2. The third-order valence-corrected chi connectivity index (χ3v) is 10.6. The van der Waals surface area contributed by atoms with E-state index in [9.17, 15) is 0 Å². The van der Waals surface area contributed by atoms with Crippen molar-refractivity contribution < 1.29 is 4.42 Å². The first-order valence-electron chi connectivity index (χ1n) is 17.8. The summed E-state index contributed by atoms with van der Waals surface area (Å²) in [5.41, 5.74) is 12.7. The van der Waals surface area contributed by atoms with E-state index in [4.69, 9.17) is 4.42 Å². The van der Waals surface area contributed by atoms with E-state index < -0.39 is 0 Å². The molecule has 0 amide bonds. The molecule has 1 aliphatic carbocycles. The molecular weight excluding hydrogens is 619 g/mol. The predicted molar refractivity (Wildman–Crippen MR) is 216 cm³/mol. The number of anilines is 3. The molecule has 1 aromatic heterocycles. The molecule has 0 radical (unpaired) electrons. The third-order valence-electron chi connectivity index (χ3n) is 10.6. The normalized spacial score (nSPS) is 14.0. The van der Waals surface area contributed by atoms with Crippen molar-refractivity contribution in [3.63, 3.8) is 0 Å². The summed E-state index contributed by atoms with van der Waals surface area (Å²) in [6.07, 6.45) is 5.61. The average molecular weight is 654 g/mol. The summed E-state index contributed by atoms with van der Waals surface area (Å²) in [7, 11) is 0. The van der Waals surface area contributed by atoms with Crippen molar-refractivity contribution in [3.8, 4) is 22.3 Å². The molecule has 8 aromatic carbocycles. The zero-order valence-electron chi connectivity index (χ0n) is 28.4. The van der Waals surface area contributed by atoms with Crippen molar-refractivity contribution in [2.75, 3.05) is 4.90 Å². The van der Waals surface area contributed by atoms with Crippen LogP contribution in [0.25, 0.3) is 71.8 Å². The maximum absolute atomic E-state index is 6.67. The maximum atomic E-state index is 6.67. The van der Waals surface area contributed by atoms with Gasteiger partial charge in [0, 0.05) is 33.4 Å². The Labute approximate surface area is 297 Å². The highest BCUT2D eigenvalue weighted by Crippen LogP contribution is 2.44. The van der Waals surface area contributed by atoms with Crippen molar-refractivity contribution in [3.05, 3.63) is 181 Å². The first-order valence-corrected chi connectivity index (χ1v) is 17.8. The first kappa shape index (κ1) is 29.5. The minimum Gasteiger partial charge on any atom is -0.456 e. The molecule has 1 unspecified atom stereocenters. The van der Waals surface area contributed by atoms with Gasteiger partial charge in [0.15, 0.2) is 0 Å². The maximum Gasteiger partial charge on any atom is 0.139 e. The molecule has 0 saturated carbocycles. The number of benzene rings is 8. The quantitative estimate of drug-likeness (QED) is 0.184. The van der Waals surface area contributed by atoms with Crippen LogP contribution in [0.1, 0.15) is 18.1 Å². The molecule has 0 aliphatic heterocycles. The van der Waals surface area contributed by atoms with Crippen molar-refractivity contribution in [2.24, 2.45) is 5.92 Å². The van der Waals surface area contributed by atoms with Gasteiger partial charge in [-0.15, -0.1) is 0 Å². The fraction of sp³-hybridized carbons (Fsp3) is 0.0612. The van der Waals surface area contributed by atoms with Gasteiger partial charge < -0.3 is 9.32 Å². The number of hydrogen-bond acceptors (Lipinski definition) is 2. The summed E-state index contributed by atoms with van der Waals surface area (Å²) >= 11 is 0. The molecule has 9 aromatic rings. The van der Waals surface area contributed by atoms with Gasteiger partial charge in [-0.05, 0) is 110 Å². The lowest BCUT2D eigenvalue weighted by Gasteiger charge is -2.26. The number of furan rings is 1. The lowest BCUT2D eigenvalue weighted by atomic mass is 9.85. The Morgan fingerprint density at radius 3 is 1.88 bits per heavy atom. The third kappa shape index (κ3) is 5.03. The van der Waals surface area contributed by atoms with Crippen LogP contribution in [-0.2, 0) is 6.42 Å². The first-order chi connectivity index (χ1) is 25.2. The van der Waals surface area contributed by atoms with Crippen molar-refractivity contribution >= 4 is 66.6 Å². The van der Waals surface area contributed by atoms with Gasteiger partial charge in [0.1, 0.15) is 11.2 Å². The molecule has 242 valence electrons. The summed E-state index contributed by atoms with van der Waals surface area (Å²) in [5, 5.41) is 7.40. The standard InChI is InChI=1S/C49H35NO/c1-32-15-27-43-42-13-7-8-14-44(42)48-46-31-38(21-28-47(46)51-49(48)45(43)29-32)36-18-24-40(25-19-36)50(41-26-20-34-11-5-6-12-37(34)30-41)39-22-16-35(17-23-39)33-9-3-2-4-10-33/h2-28,30-32H,29H2,1H3. The second-order valence-electron chi connectivity index (χ2n) is 13.8. The minimum atomic E-state index is 0.486. The number of fused-ring (bicyclic) bond motifs is 9. The lowest BCUT2D eigenvalue weighted by Crippen LogP contribution is -2.09. The molecule has 0 bridgehead atoms. The Hall–Kier alpha value is -6.38. The van der Waals surface area contributed by atoms with Gasteiger partial charge >= 0.3 is 0 Å². The summed E-state index contributed by atoms with van der Waals surface area (Å²) in [4.78, 5) is 2.35. The van der Waals surface area contributed by atoms with Crippen LogP contribution < -0.4 is 4.90 Å². The Morgan fingerprint density at radius 2 is 1.12 bits per heavy atom. The Balaban J connectivity index is 1.07. The molecular formula is C49H35NO. The molecule has 0 fully saturated rings. The number of allylic oxidation sites excluding steroid dienone is 1. The van der Waals surface area contributed by atoms with Crippen molar-refractivity contribution in [1.29, 1.82) is 0 Å². The van der Waals surface area contributed by atoms with Crippen LogP contribution in [0, 0.1) is 5.92 Å². The Bertz CT molecular complexity index is 2770. The van der Waals surface area contributed by atoms with Crippen LogP contribution in [0.3, 0.4) is 0 Å². The molecule has 0 saturated heterocycles. The van der Waals surface area contributed by atoms with Crippen LogP contribution >= 0.6 is 0 Å². The lowest BCUT2D eigenvalue weighted by molar-refractivity contribution is 0.648. The molecule has 1 aliphatic rings. The molecule has 1 heterocycles. The largest absolute Gasteiger partial charge is 0.456 e. The van der Waals surface area contributed by atoms with Gasteiger partial charge in [0.05, 0.1) is 0 Å². The summed E-state index contributed by atoms with van der Waals surface area (Å²) < 4.78 is 6.67. The van der Waals surface area contributed by atoms with Gasteiger partial charge in [-0.3, -0.25) is 0 Å². The number of hydrogen-bond donors (Lipinski definition) is 0. The summed E-state index contributed by atoms with van der Waals surface area (Å²) in [6.45, 7) is 2.28. The molecule has 1 atom stereocenters. The molecule has 2 nitrogen and oxygen atoms in total. The topological polar surface area (TPSA) is 16.4 Å². The highest BCUT2D eigenvalue weighted by atomic mass is 16.3. The van der Waals surface area contributed by atoms with E-state index in [1.165, 1.54) is 65.7 Å². The highest BCUT2D eigenvalue weighted by molar-refractivity contribution is 6.22. The fourth-order valence-corrected chi connectivity index (χ4v) is 8.02. The van der Waals surface area contributed by atoms with Gasteiger partial charge in [-0.25, -0.2) is 0 Å². The van der Waals surface area contributed by atoms with Crippen LogP contribution in [-0.4, -0.2) is 0 Å². The SMILES string of the molecule is CC1C=Cc2c(c3oc4ccc(-c5ccc(N(c6ccc(-c7ccccc7)cc6)c6ccc7ccccc7c6)cc5)cc4c3c3ccccc23)C1.